The maximum absolute atomic E-state index is 10.5. The lowest BCUT2D eigenvalue weighted by Crippen LogP contribution is -2.14. The highest BCUT2D eigenvalue weighted by atomic mass is 16.1. The normalized spacial score (nSPS) is 13.4. The number of rotatable bonds is 2. The predicted molar refractivity (Wildman–Crippen MR) is 36.7 cm³/mol. The Hall–Kier alpha value is -1.10. The van der Waals surface area contributed by atoms with Gasteiger partial charge in [-0.25, -0.2) is 9.89 Å². The fourth-order valence-corrected chi connectivity index (χ4v) is 0.625. The first-order valence-electron chi connectivity index (χ1n) is 3.06. The molecular weight excluding hydrogens is 132 g/mol. The molecule has 1 aromatic heterocycles. The van der Waals surface area contributed by atoms with Gasteiger partial charge in [-0.1, -0.05) is 0 Å². The lowest BCUT2D eigenvalue weighted by atomic mass is 10.3. The van der Waals surface area contributed by atoms with Crippen molar-refractivity contribution in [2.75, 3.05) is 7.05 Å². The Bertz CT molecular complexity index is 250. The van der Waals surface area contributed by atoms with Crippen molar-refractivity contribution in [2.24, 2.45) is 0 Å². The van der Waals surface area contributed by atoms with Gasteiger partial charge in [-0.05, 0) is 14.0 Å². The molecule has 10 heavy (non-hydrogen) atoms. The second-order valence-corrected chi connectivity index (χ2v) is 2.07. The third-order valence-electron chi connectivity index (χ3n) is 1.36. The van der Waals surface area contributed by atoms with Gasteiger partial charge in [0.1, 0.15) is 5.82 Å². The van der Waals surface area contributed by atoms with E-state index in [1.165, 1.54) is 0 Å². The third kappa shape index (κ3) is 1.24. The molecule has 0 saturated carbocycles. The van der Waals surface area contributed by atoms with Gasteiger partial charge >= 0.3 is 5.69 Å². The molecule has 56 valence electrons. The number of aromatic nitrogens is 3. The molecule has 0 aliphatic rings. The average Bonchev–Trinajstić information content (AvgIpc) is 2.34. The smallest absolute Gasteiger partial charge is 0.311 e. The molecule has 0 spiro atoms. The molecule has 1 rings (SSSR count). The minimum atomic E-state index is -0.267. The first-order chi connectivity index (χ1) is 4.74. The number of H-pyrrole nitrogens is 2. The van der Waals surface area contributed by atoms with E-state index in [1.807, 2.05) is 6.92 Å². The van der Waals surface area contributed by atoms with Crippen LogP contribution in [0, 0.1) is 0 Å². The molecule has 0 amide bonds. The van der Waals surface area contributed by atoms with Gasteiger partial charge in [-0.15, -0.1) is 0 Å². The van der Waals surface area contributed by atoms with Gasteiger partial charge in [-0.2, -0.15) is 5.10 Å². The van der Waals surface area contributed by atoms with Crippen LogP contribution < -0.4 is 11.0 Å². The molecule has 1 atom stereocenters. The molecule has 1 heterocycles. The molecule has 0 bridgehead atoms. The Balaban J connectivity index is 2.84. The van der Waals surface area contributed by atoms with E-state index in [0.717, 1.165) is 0 Å². The predicted octanol–water partition coefficient (Wildman–Crippen LogP) is -0.622. The van der Waals surface area contributed by atoms with E-state index in [0.29, 0.717) is 5.82 Å². The maximum Gasteiger partial charge on any atom is 0.340 e. The van der Waals surface area contributed by atoms with Crippen LogP contribution in [0.15, 0.2) is 4.79 Å². The van der Waals surface area contributed by atoms with E-state index in [4.69, 9.17) is 0 Å². The summed E-state index contributed by atoms with van der Waals surface area (Å²) in [5.74, 6) is 0.632. The Labute approximate surface area is 57.9 Å². The Morgan fingerprint density at radius 1 is 1.70 bits per heavy atom. The molecule has 0 saturated heterocycles. The van der Waals surface area contributed by atoms with E-state index in [2.05, 4.69) is 20.5 Å². The summed E-state index contributed by atoms with van der Waals surface area (Å²) >= 11 is 0. The topological polar surface area (TPSA) is 73.6 Å². The van der Waals surface area contributed by atoms with Crippen molar-refractivity contribution in [1.82, 2.24) is 20.5 Å². The first-order valence-corrected chi connectivity index (χ1v) is 3.06. The summed E-state index contributed by atoms with van der Waals surface area (Å²) in [5, 5.41) is 8.96. The number of nitrogens with zero attached hydrogens (tertiary/aromatic N) is 1. The van der Waals surface area contributed by atoms with Crippen LogP contribution in [0.1, 0.15) is 18.8 Å². The minimum Gasteiger partial charge on any atom is -0.311 e. The lowest BCUT2D eigenvalue weighted by Gasteiger charge is -2.02. The summed E-state index contributed by atoms with van der Waals surface area (Å²) in [6.07, 6.45) is 0. The van der Waals surface area contributed by atoms with E-state index in [9.17, 15) is 4.79 Å². The van der Waals surface area contributed by atoms with Gasteiger partial charge in [-0.3, -0.25) is 4.98 Å². The largest absolute Gasteiger partial charge is 0.340 e. The van der Waals surface area contributed by atoms with Crippen LogP contribution in [-0.4, -0.2) is 22.2 Å². The fourth-order valence-electron chi connectivity index (χ4n) is 0.625. The molecule has 1 aromatic rings. The van der Waals surface area contributed by atoms with Gasteiger partial charge in [0.25, 0.3) is 0 Å². The van der Waals surface area contributed by atoms with Crippen molar-refractivity contribution in [1.29, 1.82) is 0 Å². The van der Waals surface area contributed by atoms with Crippen molar-refractivity contribution >= 4 is 0 Å². The van der Waals surface area contributed by atoms with Crippen molar-refractivity contribution in [3.63, 3.8) is 0 Å². The van der Waals surface area contributed by atoms with Crippen molar-refractivity contribution in [3.8, 4) is 0 Å². The second-order valence-electron chi connectivity index (χ2n) is 2.07. The molecule has 0 aliphatic heterocycles. The number of hydrogen-bond donors (Lipinski definition) is 3. The highest BCUT2D eigenvalue weighted by Crippen LogP contribution is 1.99. The van der Waals surface area contributed by atoms with Crippen LogP contribution in [0.4, 0.5) is 0 Å². The molecule has 0 aliphatic carbocycles. The molecule has 0 aromatic carbocycles. The second kappa shape index (κ2) is 2.66. The van der Waals surface area contributed by atoms with Gasteiger partial charge in [0.05, 0.1) is 6.04 Å². The number of hydrogen-bond acceptors (Lipinski definition) is 3. The van der Waals surface area contributed by atoms with Crippen molar-refractivity contribution in [3.05, 3.63) is 16.3 Å². The van der Waals surface area contributed by atoms with Crippen LogP contribution >= 0.6 is 0 Å². The average molecular weight is 142 g/mol. The Morgan fingerprint density at radius 3 is 2.80 bits per heavy atom. The molecule has 0 radical (unpaired) electrons. The van der Waals surface area contributed by atoms with Crippen LogP contribution in [0.25, 0.3) is 0 Å². The monoisotopic (exact) mass is 142 g/mol. The molecule has 5 nitrogen and oxygen atoms in total. The summed E-state index contributed by atoms with van der Waals surface area (Å²) in [4.78, 5) is 13.1. The molecule has 0 fully saturated rings. The standard InChI is InChI=1S/C5H10N4O/c1-3(6-2)4-7-5(10)9-8-4/h3,6H,1-2H3,(H2,7,8,9,10)/t3-/m0/s1. The first kappa shape index (κ1) is 7.01. The van der Waals surface area contributed by atoms with Crippen molar-refractivity contribution in [2.45, 2.75) is 13.0 Å². The SMILES string of the molecule is CN[C@@H](C)c1n[nH]c(=O)[nH]1. The number of nitrogens with one attached hydrogen (secondary N) is 3. The zero-order valence-electron chi connectivity index (χ0n) is 5.93. The lowest BCUT2D eigenvalue weighted by molar-refractivity contribution is 0.613. The minimum absolute atomic E-state index is 0.0824. The summed E-state index contributed by atoms with van der Waals surface area (Å²) in [6, 6.07) is 0.0824. The fraction of sp³-hybridized carbons (Fsp3) is 0.600. The summed E-state index contributed by atoms with van der Waals surface area (Å²) in [5.41, 5.74) is -0.267. The quantitative estimate of drug-likeness (QED) is 0.515. The van der Waals surface area contributed by atoms with Crippen molar-refractivity contribution < 1.29 is 0 Å². The molecule has 0 unspecified atom stereocenters. The Kier molecular flexibility index (Phi) is 1.86. The van der Waals surface area contributed by atoms with Crippen LogP contribution in [0.3, 0.4) is 0 Å². The maximum atomic E-state index is 10.5. The summed E-state index contributed by atoms with van der Waals surface area (Å²) in [7, 11) is 1.80. The molecular formula is C5H10N4O. The van der Waals surface area contributed by atoms with Gasteiger partial charge in [0.2, 0.25) is 0 Å². The van der Waals surface area contributed by atoms with E-state index in [1.54, 1.807) is 7.05 Å². The zero-order chi connectivity index (χ0) is 7.56. The van der Waals surface area contributed by atoms with Crippen LogP contribution in [-0.2, 0) is 0 Å². The van der Waals surface area contributed by atoms with E-state index >= 15 is 0 Å². The molecule has 3 N–H and O–H groups in total. The van der Waals surface area contributed by atoms with Crippen LogP contribution in [0.5, 0.6) is 0 Å². The van der Waals surface area contributed by atoms with Gasteiger partial charge < -0.3 is 5.32 Å². The molecule has 5 heteroatoms. The zero-order valence-corrected chi connectivity index (χ0v) is 5.93. The number of aromatic amines is 2. The van der Waals surface area contributed by atoms with Gasteiger partial charge in [0, 0.05) is 0 Å². The summed E-state index contributed by atoms with van der Waals surface area (Å²) < 4.78 is 0. The Morgan fingerprint density at radius 2 is 2.40 bits per heavy atom. The third-order valence-corrected chi connectivity index (χ3v) is 1.36. The van der Waals surface area contributed by atoms with E-state index in [-0.39, 0.29) is 11.7 Å². The van der Waals surface area contributed by atoms with Crippen LogP contribution in [0.2, 0.25) is 0 Å². The highest BCUT2D eigenvalue weighted by Gasteiger charge is 2.04. The van der Waals surface area contributed by atoms with E-state index < -0.39 is 0 Å². The van der Waals surface area contributed by atoms with Gasteiger partial charge in [0.15, 0.2) is 0 Å². The summed E-state index contributed by atoms with van der Waals surface area (Å²) in [6.45, 7) is 1.91. The highest BCUT2D eigenvalue weighted by molar-refractivity contribution is 4.87.